The van der Waals surface area contributed by atoms with Gasteiger partial charge in [0.25, 0.3) is 0 Å². The minimum absolute atomic E-state index is 0.314. The number of carbonyl (C=O) groups is 1. The molecule has 0 saturated carbocycles. The van der Waals surface area contributed by atoms with E-state index in [-0.39, 0.29) is 0 Å². The minimum Gasteiger partial charge on any atom is -0.346 e. The predicted molar refractivity (Wildman–Crippen MR) is 129 cm³/mol. The Labute approximate surface area is 188 Å². The van der Waals surface area contributed by atoms with Gasteiger partial charge >= 0.3 is 0 Å². The molecule has 1 aromatic carbocycles. The Hall–Kier alpha value is -2.15. The number of aromatic amines is 1. The largest absolute Gasteiger partial charge is 0.346 e. The zero-order valence-electron chi connectivity index (χ0n) is 18.6. The van der Waals surface area contributed by atoms with E-state index in [1.165, 1.54) is 38.2 Å². The number of hydrogen-bond acceptors (Lipinski definition) is 4. The van der Waals surface area contributed by atoms with E-state index in [0.29, 0.717) is 12.5 Å². The minimum atomic E-state index is 0.314. The van der Waals surface area contributed by atoms with E-state index >= 15 is 0 Å². The third-order valence-electron chi connectivity index (χ3n) is 6.71. The molecular formula is C25H32N4OS. The van der Waals surface area contributed by atoms with Crippen LogP contribution in [0.1, 0.15) is 29.5 Å². The summed E-state index contributed by atoms with van der Waals surface area (Å²) >= 11 is 1.78. The van der Waals surface area contributed by atoms with Crippen LogP contribution in [0.25, 0.3) is 21.5 Å². The molecule has 0 radical (unpaired) electrons. The van der Waals surface area contributed by atoms with Crippen LogP contribution in [0.5, 0.6) is 0 Å². The van der Waals surface area contributed by atoms with E-state index < -0.39 is 0 Å². The van der Waals surface area contributed by atoms with Crippen molar-refractivity contribution >= 4 is 27.5 Å². The van der Waals surface area contributed by atoms with Gasteiger partial charge in [0.1, 0.15) is 4.83 Å². The summed E-state index contributed by atoms with van der Waals surface area (Å²) in [7, 11) is 0. The first-order valence-corrected chi connectivity index (χ1v) is 12.3. The number of fused-ring (bicyclic) bond motifs is 1. The fraction of sp³-hybridized carbons (Fsp3) is 0.480. The molecule has 5 rings (SSSR count). The molecule has 5 nitrogen and oxygen atoms in total. The molecule has 1 amide bonds. The maximum Gasteiger partial charge on any atom is 0.236 e. The molecule has 6 heteroatoms. The second-order valence-corrected chi connectivity index (χ2v) is 10.1. The van der Waals surface area contributed by atoms with Gasteiger partial charge in [0, 0.05) is 56.8 Å². The number of benzene rings is 1. The number of nitrogens with one attached hydrogen (secondary N) is 1. The highest BCUT2D eigenvalue weighted by molar-refractivity contribution is 7.16. The zero-order chi connectivity index (χ0) is 21.4. The van der Waals surface area contributed by atoms with Crippen LogP contribution >= 0.6 is 11.3 Å². The molecule has 31 heavy (non-hydrogen) atoms. The Morgan fingerprint density at radius 2 is 1.65 bits per heavy atom. The van der Waals surface area contributed by atoms with Gasteiger partial charge < -0.3 is 9.88 Å². The summed E-state index contributed by atoms with van der Waals surface area (Å²) < 4.78 is 0. The molecule has 2 fully saturated rings. The summed E-state index contributed by atoms with van der Waals surface area (Å²) in [6.07, 6.45) is 2.33. The number of carbonyl (C=O) groups excluding carboxylic acids is 1. The van der Waals surface area contributed by atoms with Crippen LogP contribution in [-0.4, -0.2) is 71.4 Å². The number of amides is 1. The van der Waals surface area contributed by atoms with E-state index in [1.54, 1.807) is 11.3 Å². The van der Waals surface area contributed by atoms with Crippen LogP contribution in [0.2, 0.25) is 0 Å². The second-order valence-electron chi connectivity index (χ2n) is 9.16. The molecule has 2 saturated heterocycles. The van der Waals surface area contributed by atoms with Gasteiger partial charge in [-0.15, -0.1) is 11.3 Å². The first-order valence-electron chi connectivity index (χ1n) is 11.5. The molecule has 3 aromatic rings. The van der Waals surface area contributed by atoms with Crippen LogP contribution < -0.4 is 0 Å². The number of aromatic nitrogens is 1. The van der Waals surface area contributed by atoms with Gasteiger partial charge in [0.15, 0.2) is 0 Å². The van der Waals surface area contributed by atoms with E-state index in [4.69, 9.17) is 0 Å². The van der Waals surface area contributed by atoms with Gasteiger partial charge in [0.2, 0.25) is 5.91 Å². The Morgan fingerprint density at radius 3 is 2.35 bits per heavy atom. The van der Waals surface area contributed by atoms with Crippen LogP contribution in [-0.2, 0) is 11.3 Å². The summed E-state index contributed by atoms with van der Waals surface area (Å²) in [6, 6.07) is 9.06. The highest BCUT2D eigenvalue weighted by atomic mass is 32.1. The van der Waals surface area contributed by atoms with E-state index in [0.717, 1.165) is 58.7 Å². The number of rotatable bonds is 5. The molecule has 0 unspecified atom stereocenters. The van der Waals surface area contributed by atoms with E-state index in [1.807, 2.05) is 4.90 Å². The first-order chi connectivity index (χ1) is 15.1. The SMILES string of the molecule is Cc1cc(C)cc(-c2[nH]c3sccc3c2CN2CCN(CC(=O)N3CCCC3)CC2)c1. The quantitative estimate of drug-likeness (QED) is 0.650. The number of likely N-dealkylation sites (tertiary alicyclic amines) is 1. The van der Waals surface area contributed by atoms with Gasteiger partial charge in [0.05, 0.1) is 12.2 Å². The molecule has 1 N–H and O–H groups in total. The first kappa shape index (κ1) is 20.7. The van der Waals surface area contributed by atoms with Crippen LogP contribution in [0.3, 0.4) is 0 Å². The maximum atomic E-state index is 12.5. The topological polar surface area (TPSA) is 42.6 Å². The van der Waals surface area contributed by atoms with Crippen molar-refractivity contribution in [2.45, 2.75) is 33.2 Å². The lowest BCUT2D eigenvalue weighted by molar-refractivity contribution is -0.131. The monoisotopic (exact) mass is 436 g/mol. The van der Waals surface area contributed by atoms with Crippen molar-refractivity contribution in [2.24, 2.45) is 0 Å². The Bertz CT molecular complexity index is 1050. The normalized spacial score (nSPS) is 18.3. The third-order valence-corrected chi connectivity index (χ3v) is 7.54. The number of aryl methyl sites for hydroxylation is 2. The molecular weight excluding hydrogens is 404 g/mol. The van der Waals surface area contributed by atoms with Crippen LogP contribution in [0.4, 0.5) is 0 Å². The lowest BCUT2D eigenvalue weighted by atomic mass is 10.0. The van der Waals surface area contributed by atoms with Gasteiger partial charge in [-0.25, -0.2) is 0 Å². The van der Waals surface area contributed by atoms with E-state index in [2.05, 4.69) is 58.3 Å². The van der Waals surface area contributed by atoms with Gasteiger partial charge in [-0.3, -0.25) is 14.6 Å². The van der Waals surface area contributed by atoms with Crippen LogP contribution in [0, 0.1) is 13.8 Å². The molecule has 0 spiro atoms. The standard InChI is InChI=1S/C25H32N4OS/c1-18-13-19(2)15-20(14-18)24-22(21-5-12-31-25(21)26-24)16-27-8-10-28(11-9-27)17-23(30)29-6-3-4-7-29/h5,12-15,26H,3-4,6-11,16-17H2,1-2H3. The third kappa shape index (κ3) is 4.43. The molecule has 0 aliphatic carbocycles. The molecule has 0 atom stereocenters. The van der Waals surface area contributed by atoms with Crippen LogP contribution in [0.15, 0.2) is 29.6 Å². The van der Waals surface area contributed by atoms with E-state index in [9.17, 15) is 4.79 Å². The van der Waals surface area contributed by atoms with Crippen molar-refractivity contribution in [3.8, 4) is 11.3 Å². The number of hydrogen-bond donors (Lipinski definition) is 1. The summed E-state index contributed by atoms with van der Waals surface area (Å²) in [5.74, 6) is 0.314. The Balaban J connectivity index is 1.29. The summed E-state index contributed by atoms with van der Waals surface area (Å²) in [5.41, 5.74) is 6.55. The predicted octanol–water partition coefficient (Wildman–Crippen LogP) is 4.25. The molecule has 164 valence electrons. The van der Waals surface area contributed by atoms with Crippen molar-refractivity contribution in [3.05, 3.63) is 46.3 Å². The Morgan fingerprint density at radius 1 is 0.968 bits per heavy atom. The highest BCUT2D eigenvalue weighted by Crippen LogP contribution is 2.35. The van der Waals surface area contributed by atoms with Crippen molar-refractivity contribution in [2.75, 3.05) is 45.8 Å². The fourth-order valence-corrected chi connectivity index (χ4v) is 5.90. The van der Waals surface area contributed by atoms with Crippen molar-refractivity contribution in [1.29, 1.82) is 0 Å². The highest BCUT2D eigenvalue weighted by Gasteiger charge is 2.25. The molecule has 4 heterocycles. The van der Waals surface area contributed by atoms with Crippen molar-refractivity contribution < 1.29 is 4.79 Å². The number of piperazine rings is 1. The lowest BCUT2D eigenvalue weighted by Crippen LogP contribution is -2.49. The summed E-state index contributed by atoms with van der Waals surface area (Å²) in [4.78, 5) is 24.4. The molecule has 2 aliphatic rings. The fourth-order valence-electron chi connectivity index (χ4n) is 5.08. The maximum absolute atomic E-state index is 12.5. The van der Waals surface area contributed by atoms with Gasteiger partial charge in [-0.2, -0.15) is 0 Å². The average molecular weight is 437 g/mol. The molecule has 2 aliphatic heterocycles. The van der Waals surface area contributed by atoms with Gasteiger partial charge in [-0.05, 0) is 55.8 Å². The lowest BCUT2D eigenvalue weighted by Gasteiger charge is -2.35. The number of H-pyrrole nitrogens is 1. The molecule has 2 aromatic heterocycles. The van der Waals surface area contributed by atoms with Crippen molar-refractivity contribution in [1.82, 2.24) is 19.7 Å². The van der Waals surface area contributed by atoms with Gasteiger partial charge in [-0.1, -0.05) is 17.2 Å². The smallest absolute Gasteiger partial charge is 0.236 e. The molecule has 0 bridgehead atoms. The average Bonchev–Trinajstić information content (AvgIpc) is 3.47. The Kier molecular flexibility index (Phi) is 5.87. The second kappa shape index (κ2) is 8.77. The zero-order valence-corrected chi connectivity index (χ0v) is 19.4. The summed E-state index contributed by atoms with van der Waals surface area (Å²) in [5, 5.41) is 3.53. The number of nitrogens with zero attached hydrogens (tertiary/aromatic N) is 3. The summed E-state index contributed by atoms with van der Waals surface area (Å²) in [6.45, 7) is 11.7. The van der Waals surface area contributed by atoms with Crippen molar-refractivity contribution in [3.63, 3.8) is 0 Å². The number of thiophene rings is 1.